The molecule has 3 N–H and O–H groups in total. The fourth-order valence-electron chi connectivity index (χ4n) is 4.18. The first kappa shape index (κ1) is 23.8. The zero-order valence-electron chi connectivity index (χ0n) is 18.8. The number of ether oxygens (including phenoxy) is 1. The van der Waals surface area contributed by atoms with E-state index in [-0.39, 0.29) is 18.9 Å². The first-order valence-electron chi connectivity index (χ1n) is 10.7. The van der Waals surface area contributed by atoms with Crippen LogP contribution in [0.2, 0.25) is 0 Å². The standard InChI is InChI=1S/C23H25FN4O5S/c1-23(2,28-12-19(24)22(27-28)34(25,31)32)13-33-20-10-15(8-9-26-20)17-7-6-14-4-3-5-16(14)18(17)11-21(29)30/h6-10,12H,3-5,11,13H2,1-2H3,(H,29,30)(H2,25,31,32). The van der Waals surface area contributed by atoms with Crippen LogP contribution in [0.3, 0.4) is 0 Å². The number of carboxylic acid groups (broad SMARTS) is 1. The lowest BCUT2D eigenvalue weighted by atomic mass is 9.91. The number of hydrogen-bond donors (Lipinski definition) is 2. The number of hydrogen-bond acceptors (Lipinski definition) is 6. The monoisotopic (exact) mass is 488 g/mol. The number of halogens is 1. The lowest BCUT2D eigenvalue weighted by Gasteiger charge is -2.25. The van der Waals surface area contributed by atoms with E-state index in [1.54, 1.807) is 32.2 Å². The summed E-state index contributed by atoms with van der Waals surface area (Å²) in [5.74, 6) is -1.65. The Labute approximate surface area is 196 Å². The summed E-state index contributed by atoms with van der Waals surface area (Å²) in [7, 11) is -4.30. The molecule has 180 valence electrons. The number of nitrogens with two attached hydrogens (primary N) is 1. The van der Waals surface area contributed by atoms with Crippen molar-refractivity contribution < 1.29 is 27.4 Å². The number of carbonyl (C=O) groups is 1. The van der Waals surface area contributed by atoms with Gasteiger partial charge in [-0.3, -0.25) is 9.48 Å². The van der Waals surface area contributed by atoms with E-state index in [1.165, 1.54) is 5.56 Å². The van der Waals surface area contributed by atoms with Gasteiger partial charge in [-0.15, -0.1) is 0 Å². The fourth-order valence-corrected chi connectivity index (χ4v) is 4.71. The summed E-state index contributed by atoms with van der Waals surface area (Å²) < 4.78 is 44.0. The highest BCUT2D eigenvalue weighted by molar-refractivity contribution is 7.89. The van der Waals surface area contributed by atoms with Crippen molar-refractivity contribution in [2.75, 3.05) is 6.61 Å². The molecule has 34 heavy (non-hydrogen) atoms. The molecule has 1 aromatic carbocycles. The van der Waals surface area contributed by atoms with Crippen LogP contribution in [0.1, 0.15) is 37.0 Å². The van der Waals surface area contributed by atoms with Gasteiger partial charge >= 0.3 is 5.97 Å². The van der Waals surface area contributed by atoms with Gasteiger partial charge in [-0.25, -0.2) is 22.9 Å². The van der Waals surface area contributed by atoms with E-state index < -0.39 is 32.4 Å². The summed E-state index contributed by atoms with van der Waals surface area (Å²) in [4.78, 5) is 15.8. The highest BCUT2D eigenvalue weighted by Crippen LogP contribution is 2.35. The van der Waals surface area contributed by atoms with Crippen molar-refractivity contribution in [2.24, 2.45) is 5.14 Å². The smallest absolute Gasteiger partial charge is 0.307 e. The molecule has 2 heterocycles. The molecule has 0 unspecified atom stereocenters. The zero-order valence-corrected chi connectivity index (χ0v) is 19.6. The molecule has 0 atom stereocenters. The second kappa shape index (κ2) is 8.80. The van der Waals surface area contributed by atoms with Crippen LogP contribution in [0.4, 0.5) is 4.39 Å². The molecule has 0 fully saturated rings. The van der Waals surface area contributed by atoms with Gasteiger partial charge in [-0.1, -0.05) is 12.1 Å². The normalized spacial score (nSPS) is 13.6. The van der Waals surface area contributed by atoms with Gasteiger partial charge in [0, 0.05) is 12.3 Å². The number of benzene rings is 1. The van der Waals surface area contributed by atoms with Crippen molar-refractivity contribution >= 4 is 16.0 Å². The average molecular weight is 489 g/mol. The number of rotatable bonds is 8. The maximum Gasteiger partial charge on any atom is 0.307 e. The fraction of sp³-hybridized carbons (Fsp3) is 0.348. The minimum Gasteiger partial charge on any atom is -0.481 e. The van der Waals surface area contributed by atoms with E-state index in [0.29, 0.717) is 0 Å². The third-order valence-corrected chi connectivity index (χ3v) is 6.69. The molecule has 3 aromatic rings. The van der Waals surface area contributed by atoms with Crippen LogP contribution in [0, 0.1) is 5.82 Å². The van der Waals surface area contributed by atoms with Gasteiger partial charge in [0.2, 0.25) is 10.9 Å². The molecule has 9 nitrogen and oxygen atoms in total. The summed E-state index contributed by atoms with van der Waals surface area (Å²) in [6, 6.07) is 7.49. The summed E-state index contributed by atoms with van der Waals surface area (Å²) in [5, 5.41) is 17.4. The number of sulfonamides is 1. The van der Waals surface area contributed by atoms with Crippen LogP contribution in [-0.2, 0) is 39.6 Å². The summed E-state index contributed by atoms with van der Waals surface area (Å²) in [5.41, 5.74) is 3.77. The SMILES string of the molecule is CC(C)(COc1cc(-c2ccc3c(c2CC(=O)O)CCC3)ccn1)n1cc(F)c(S(N)(=O)=O)n1. The van der Waals surface area contributed by atoms with Crippen LogP contribution in [0.25, 0.3) is 11.1 Å². The predicted molar refractivity (Wildman–Crippen MR) is 121 cm³/mol. The Hall–Kier alpha value is -3.31. The summed E-state index contributed by atoms with van der Waals surface area (Å²) in [6.45, 7) is 3.39. The summed E-state index contributed by atoms with van der Waals surface area (Å²) in [6.07, 6.45) is 5.27. The number of pyridine rings is 1. The topological polar surface area (TPSA) is 137 Å². The maximum absolute atomic E-state index is 14.0. The minimum atomic E-state index is -4.30. The van der Waals surface area contributed by atoms with E-state index in [0.717, 1.165) is 52.4 Å². The Morgan fingerprint density at radius 2 is 2.06 bits per heavy atom. The lowest BCUT2D eigenvalue weighted by molar-refractivity contribution is -0.136. The van der Waals surface area contributed by atoms with E-state index in [1.807, 2.05) is 12.1 Å². The molecule has 11 heteroatoms. The van der Waals surface area contributed by atoms with E-state index >= 15 is 0 Å². The van der Waals surface area contributed by atoms with Gasteiger partial charge in [-0.2, -0.15) is 5.10 Å². The van der Waals surface area contributed by atoms with Gasteiger partial charge in [0.25, 0.3) is 10.0 Å². The largest absolute Gasteiger partial charge is 0.481 e. The van der Waals surface area contributed by atoms with Crippen LogP contribution >= 0.6 is 0 Å². The third kappa shape index (κ3) is 4.80. The predicted octanol–water partition coefficient (Wildman–Crippen LogP) is 2.66. The van der Waals surface area contributed by atoms with E-state index in [9.17, 15) is 22.7 Å². The van der Waals surface area contributed by atoms with Gasteiger partial charge < -0.3 is 9.84 Å². The molecular weight excluding hydrogens is 463 g/mol. The second-order valence-electron chi connectivity index (χ2n) is 8.91. The van der Waals surface area contributed by atoms with Crippen molar-refractivity contribution in [2.45, 2.75) is 50.1 Å². The molecule has 2 aromatic heterocycles. The molecule has 0 saturated carbocycles. The molecular formula is C23H25FN4O5S. The van der Waals surface area contributed by atoms with E-state index in [2.05, 4.69) is 10.1 Å². The lowest BCUT2D eigenvalue weighted by Crippen LogP contribution is -2.34. The Kier molecular flexibility index (Phi) is 6.17. The van der Waals surface area contributed by atoms with Crippen molar-refractivity contribution in [1.82, 2.24) is 14.8 Å². The van der Waals surface area contributed by atoms with Crippen molar-refractivity contribution in [3.8, 4) is 17.0 Å². The molecule has 0 spiro atoms. The van der Waals surface area contributed by atoms with Crippen LogP contribution in [-0.4, -0.2) is 40.9 Å². The number of carboxylic acids is 1. The Morgan fingerprint density at radius 3 is 2.74 bits per heavy atom. The minimum absolute atomic E-state index is 0.000797. The van der Waals surface area contributed by atoms with Gasteiger partial charge in [-0.05, 0) is 67.0 Å². The molecule has 0 radical (unpaired) electrons. The van der Waals surface area contributed by atoms with Gasteiger partial charge in [0.15, 0.2) is 5.82 Å². The second-order valence-corrected chi connectivity index (χ2v) is 10.4. The Balaban J connectivity index is 1.59. The molecule has 1 aliphatic carbocycles. The van der Waals surface area contributed by atoms with Crippen molar-refractivity contribution in [3.05, 3.63) is 59.2 Å². The third-order valence-electron chi connectivity index (χ3n) is 5.88. The van der Waals surface area contributed by atoms with Crippen molar-refractivity contribution in [1.29, 1.82) is 0 Å². The number of aliphatic carboxylic acids is 1. The van der Waals surface area contributed by atoms with E-state index in [4.69, 9.17) is 9.88 Å². The highest BCUT2D eigenvalue weighted by atomic mass is 32.2. The van der Waals surface area contributed by atoms with Crippen LogP contribution in [0.5, 0.6) is 5.88 Å². The molecule has 0 saturated heterocycles. The Bertz CT molecular complexity index is 1370. The molecule has 0 bridgehead atoms. The molecule has 1 aliphatic rings. The highest BCUT2D eigenvalue weighted by Gasteiger charge is 2.28. The number of fused-ring (bicyclic) bond motifs is 1. The maximum atomic E-state index is 14.0. The number of primary sulfonamides is 1. The molecule has 0 aliphatic heterocycles. The first-order chi connectivity index (χ1) is 16.0. The molecule has 4 rings (SSSR count). The quantitative estimate of drug-likeness (QED) is 0.497. The van der Waals surface area contributed by atoms with Crippen LogP contribution < -0.4 is 9.88 Å². The Morgan fingerprint density at radius 1 is 1.29 bits per heavy atom. The number of aryl methyl sites for hydroxylation is 1. The summed E-state index contributed by atoms with van der Waals surface area (Å²) >= 11 is 0. The average Bonchev–Trinajstić information content (AvgIpc) is 3.39. The van der Waals surface area contributed by atoms with Crippen LogP contribution in [0.15, 0.2) is 41.7 Å². The van der Waals surface area contributed by atoms with Gasteiger partial charge in [0.05, 0.1) is 18.2 Å². The number of nitrogens with zero attached hydrogens (tertiary/aromatic N) is 3. The van der Waals surface area contributed by atoms with Gasteiger partial charge in [0.1, 0.15) is 6.61 Å². The zero-order chi connectivity index (χ0) is 24.7. The molecule has 0 amide bonds. The number of aromatic nitrogens is 3. The van der Waals surface area contributed by atoms with Crippen molar-refractivity contribution in [3.63, 3.8) is 0 Å². The first-order valence-corrected chi connectivity index (χ1v) is 12.2.